The standard InChI is InChI=1S/C27H30N4O2/c1-19-11-14-28-25(17-19)30-24-10-6-9-23(29-24)22-8-5-7-21(18-22)20-12-15-31(16-13-20)26(32)33-27(2,3)4/h5-12,14,17-18H,13,15-16H2,1-4H3,(H,28,29,30). The van der Waals surface area contributed by atoms with Crippen LogP contribution in [0.15, 0.2) is 66.9 Å². The van der Waals surface area contributed by atoms with E-state index in [1.165, 1.54) is 5.57 Å². The summed E-state index contributed by atoms with van der Waals surface area (Å²) in [5.74, 6) is 1.52. The quantitative estimate of drug-likeness (QED) is 0.519. The van der Waals surface area contributed by atoms with Crippen LogP contribution in [0.5, 0.6) is 0 Å². The maximum atomic E-state index is 12.3. The Kier molecular flexibility index (Phi) is 6.45. The van der Waals surface area contributed by atoms with E-state index < -0.39 is 5.60 Å². The van der Waals surface area contributed by atoms with Crippen molar-refractivity contribution in [2.45, 2.75) is 39.7 Å². The van der Waals surface area contributed by atoms with E-state index in [0.29, 0.717) is 13.1 Å². The number of aryl methyl sites for hydroxylation is 1. The first-order valence-electron chi connectivity index (χ1n) is 11.2. The Morgan fingerprint density at radius 2 is 1.82 bits per heavy atom. The van der Waals surface area contributed by atoms with Crippen LogP contribution >= 0.6 is 0 Å². The number of carbonyl (C=O) groups is 1. The third-order valence-electron chi connectivity index (χ3n) is 5.31. The number of carbonyl (C=O) groups excluding carboxylic acids is 1. The summed E-state index contributed by atoms with van der Waals surface area (Å²) in [5.41, 5.74) is 4.97. The lowest BCUT2D eigenvalue weighted by Gasteiger charge is -2.29. The van der Waals surface area contributed by atoms with Crippen LogP contribution in [0.3, 0.4) is 0 Å². The highest BCUT2D eigenvalue weighted by Gasteiger charge is 2.24. The van der Waals surface area contributed by atoms with Crippen LogP contribution in [0.25, 0.3) is 16.8 Å². The molecule has 0 saturated carbocycles. The summed E-state index contributed by atoms with van der Waals surface area (Å²) in [6.45, 7) is 8.89. The lowest BCUT2D eigenvalue weighted by molar-refractivity contribution is 0.0270. The highest BCUT2D eigenvalue weighted by Crippen LogP contribution is 2.28. The summed E-state index contributed by atoms with van der Waals surface area (Å²) in [6.07, 6.45) is 4.42. The normalized spacial score (nSPS) is 13.9. The summed E-state index contributed by atoms with van der Waals surface area (Å²) >= 11 is 0. The van der Waals surface area contributed by atoms with Crippen LogP contribution in [-0.2, 0) is 4.74 Å². The monoisotopic (exact) mass is 442 g/mol. The first kappa shape index (κ1) is 22.5. The second-order valence-corrected chi connectivity index (χ2v) is 9.24. The van der Waals surface area contributed by atoms with Crippen LogP contribution < -0.4 is 5.32 Å². The Bertz CT molecular complexity index is 1180. The lowest BCUT2D eigenvalue weighted by Crippen LogP contribution is -2.39. The van der Waals surface area contributed by atoms with Crippen LogP contribution in [0.1, 0.15) is 38.3 Å². The van der Waals surface area contributed by atoms with Gasteiger partial charge in [0.2, 0.25) is 0 Å². The fourth-order valence-electron chi connectivity index (χ4n) is 3.70. The number of rotatable bonds is 4. The summed E-state index contributed by atoms with van der Waals surface area (Å²) in [5, 5.41) is 3.28. The second kappa shape index (κ2) is 9.45. The van der Waals surface area contributed by atoms with Crippen molar-refractivity contribution in [3.05, 3.63) is 78.0 Å². The average Bonchev–Trinajstić information content (AvgIpc) is 2.78. The van der Waals surface area contributed by atoms with Crippen molar-refractivity contribution in [3.63, 3.8) is 0 Å². The van der Waals surface area contributed by atoms with E-state index in [1.54, 1.807) is 11.1 Å². The van der Waals surface area contributed by atoms with Gasteiger partial charge in [0.1, 0.15) is 17.2 Å². The van der Waals surface area contributed by atoms with E-state index in [0.717, 1.165) is 40.4 Å². The number of hydrogen-bond acceptors (Lipinski definition) is 5. The molecule has 0 unspecified atom stereocenters. The topological polar surface area (TPSA) is 67.4 Å². The number of anilines is 2. The number of ether oxygens (including phenoxy) is 1. The highest BCUT2D eigenvalue weighted by atomic mass is 16.6. The van der Waals surface area contributed by atoms with E-state index in [2.05, 4.69) is 40.6 Å². The predicted octanol–water partition coefficient (Wildman–Crippen LogP) is 6.22. The summed E-state index contributed by atoms with van der Waals surface area (Å²) < 4.78 is 5.49. The van der Waals surface area contributed by atoms with Crippen molar-refractivity contribution < 1.29 is 9.53 Å². The van der Waals surface area contributed by atoms with Crippen molar-refractivity contribution in [3.8, 4) is 11.3 Å². The lowest BCUT2D eigenvalue weighted by atomic mass is 9.97. The van der Waals surface area contributed by atoms with Crippen LogP contribution in [0.2, 0.25) is 0 Å². The van der Waals surface area contributed by atoms with Crippen LogP contribution in [0.4, 0.5) is 16.4 Å². The third-order valence-corrected chi connectivity index (χ3v) is 5.31. The maximum absolute atomic E-state index is 12.3. The molecule has 0 bridgehead atoms. The molecule has 0 fully saturated rings. The zero-order valence-corrected chi connectivity index (χ0v) is 19.6. The summed E-state index contributed by atoms with van der Waals surface area (Å²) in [4.78, 5) is 23.2. The van der Waals surface area contributed by atoms with E-state index >= 15 is 0 Å². The van der Waals surface area contributed by atoms with Gasteiger partial charge in [-0.1, -0.05) is 30.3 Å². The van der Waals surface area contributed by atoms with Gasteiger partial charge >= 0.3 is 6.09 Å². The minimum atomic E-state index is -0.485. The fraction of sp³-hybridized carbons (Fsp3) is 0.296. The molecule has 0 aliphatic carbocycles. The number of nitrogens with zero attached hydrogens (tertiary/aromatic N) is 3. The van der Waals surface area contributed by atoms with Gasteiger partial charge in [-0.05, 0) is 81.1 Å². The Morgan fingerprint density at radius 3 is 2.55 bits per heavy atom. The van der Waals surface area contributed by atoms with Gasteiger partial charge in [0.05, 0.1) is 5.69 Å². The molecule has 1 aliphatic heterocycles. The molecule has 0 spiro atoms. The molecule has 4 rings (SSSR count). The molecule has 1 amide bonds. The Labute approximate surface area is 195 Å². The molecule has 2 aromatic heterocycles. The predicted molar refractivity (Wildman–Crippen MR) is 132 cm³/mol. The van der Waals surface area contributed by atoms with E-state index in [-0.39, 0.29) is 6.09 Å². The Morgan fingerprint density at radius 1 is 1.03 bits per heavy atom. The second-order valence-electron chi connectivity index (χ2n) is 9.24. The Hall–Kier alpha value is -3.67. The minimum absolute atomic E-state index is 0.261. The number of aromatic nitrogens is 2. The van der Waals surface area contributed by atoms with Crippen molar-refractivity contribution in [1.82, 2.24) is 14.9 Å². The summed E-state index contributed by atoms with van der Waals surface area (Å²) in [7, 11) is 0. The fourth-order valence-corrected chi connectivity index (χ4v) is 3.70. The zero-order valence-electron chi connectivity index (χ0n) is 19.6. The molecule has 33 heavy (non-hydrogen) atoms. The molecular weight excluding hydrogens is 412 g/mol. The van der Waals surface area contributed by atoms with Crippen molar-refractivity contribution in [1.29, 1.82) is 0 Å². The SMILES string of the molecule is Cc1ccnc(Nc2cccc(-c3cccc(C4=CCN(C(=O)OC(C)(C)C)CC4)c3)n2)c1. The molecule has 1 aromatic carbocycles. The van der Waals surface area contributed by atoms with Crippen LogP contribution in [-0.4, -0.2) is 39.7 Å². The third kappa shape index (κ3) is 5.98. The van der Waals surface area contributed by atoms with Gasteiger partial charge < -0.3 is 15.0 Å². The molecule has 0 saturated heterocycles. The molecule has 0 radical (unpaired) electrons. The first-order valence-corrected chi connectivity index (χ1v) is 11.2. The number of pyridine rings is 2. The first-order chi connectivity index (χ1) is 15.8. The summed E-state index contributed by atoms with van der Waals surface area (Å²) in [6, 6.07) is 18.3. The van der Waals surface area contributed by atoms with Gasteiger partial charge in [-0.25, -0.2) is 14.8 Å². The van der Waals surface area contributed by atoms with Crippen LogP contribution in [0, 0.1) is 6.92 Å². The van der Waals surface area contributed by atoms with Gasteiger partial charge in [0.25, 0.3) is 0 Å². The maximum Gasteiger partial charge on any atom is 0.410 e. The van der Waals surface area contributed by atoms with E-state index in [1.807, 2.05) is 58.0 Å². The number of nitrogens with one attached hydrogen (secondary N) is 1. The van der Waals surface area contributed by atoms with Crippen molar-refractivity contribution in [2.24, 2.45) is 0 Å². The molecule has 170 valence electrons. The average molecular weight is 443 g/mol. The van der Waals surface area contributed by atoms with Gasteiger partial charge in [-0.15, -0.1) is 0 Å². The number of amides is 1. The van der Waals surface area contributed by atoms with E-state index in [9.17, 15) is 4.79 Å². The van der Waals surface area contributed by atoms with Gasteiger partial charge in [0, 0.05) is 24.8 Å². The largest absolute Gasteiger partial charge is 0.444 e. The van der Waals surface area contributed by atoms with Gasteiger partial charge in [-0.3, -0.25) is 0 Å². The molecule has 3 aromatic rings. The molecule has 3 heterocycles. The van der Waals surface area contributed by atoms with E-state index in [4.69, 9.17) is 9.72 Å². The number of hydrogen-bond donors (Lipinski definition) is 1. The molecule has 6 nitrogen and oxygen atoms in total. The van der Waals surface area contributed by atoms with Crippen molar-refractivity contribution >= 4 is 23.3 Å². The zero-order chi connectivity index (χ0) is 23.4. The van der Waals surface area contributed by atoms with Gasteiger partial charge in [0.15, 0.2) is 0 Å². The molecule has 0 atom stereocenters. The number of benzene rings is 1. The smallest absolute Gasteiger partial charge is 0.410 e. The highest BCUT2D eigenvalue weighted by molar-refractivity contribution is 5.75. The minimum Gasteiger partial charge on any atom is -0.444 e. The molecular formula is C27H30N4O2. The molecule has 1 aliphatic rings. The van der Waals surface area contributed by atoms with Gasteiger partial charge in [-0.2, -0.15) is 0 Å². The molecule has 1 N–H and O–H groups in total. The van der Waals surface area contributed by atoms with Crippen molar-refractivity contribution in [2.75, 3.05) is 18.4 Å². The Balaban J connectivity index is 1.49. The molecule has 6 heteroatoms.